The van der Waals surface area contributed by atoms with Gasteiger partial charge in [-0.2, -0.15) is 0 Å². The van der Waals surface area contributed by atoms with Crippen LogP contribution < -0.4 is 14.4 Å². The highest BCUT2D eigenvalue weighted by Crippen LogP contribution is 2.23. The summed E-state index contributed by atoms with van der Waals surface area (Å²) in [6.45, 7) is 7.87. The van der Waals surface area contributed by atoms with Crippen molar-refractivity contribution in [1.29, 1.82) is 0 Å². The molecule has 0 aliphatic carbocycles. The molecule has 2 rings (SSSR count). The number of amides is 2. The molecule has 1 N–H and O–H groups in total. The number of carbonyl (C=O) groups excluding carboxylic acids is 2. The SMILES string of the molecule is CC[C@H](C)NC(=O)[C@H](C)N(Cc1cccc(OC)c1)C(=O)CCCN(c1ccccc1C)S(C)(=O)=O. The molecule has 0 bridgehead atoms. The standard InChI is InChI=1S/C27H39N3O5S/c1-7-21(3)28-27(32)22(4)29(19-23-13-10-14-24(18-23)35-5)26(31)16-11-17-30(36(6,33)34)25-15-9-8-12-20(25)2/h8-10,12-15,18,21-22H,7,11,16-17,19H2,1-6H3,(H,28,32)/t21-,22-/m0/s1. The number of nitrogens with one attached hydrogen (secondary N) is 1. The third kappa shape index (κ3) is 8.26. The van der Waals surface area contributed by atoms with Crippen LogP contribution >= 0.6 is 0 Å². The molecule has 8 nitrogen and oxygen atoms in total. The van der Waals surface area contributed by atoms with Crippen molar-refractivity contribution in [1.82, 2.24) is 10.2 Å². The Morgan fingerprint density at radius 2 is 1.78 bits per heavy atom. The van der Waals surface area contributed by atoms with Crippen molar-refractivity contribution in [3.05, 3.63) is 59.7 Å². The number of para-hydroxylation sites is 1. The maximum atomic E-state index is 13.4. The van der Waals surface area contributed by atoms with Gasteiger partial charge < -0.3 is 15.0 Å². The van der Waals surface area contributed by atoms with Crippen molar-refractivity contribution >= 4 is 27.5 Å². The van der Waals surface area contributed by atoms with E-state index in [1.165, 1.54) is 4.31 Å². The number of carbonyl (C=O) groups is 2. The van der Waals surface area contributed by atoms with Gasteiger partial charge in [0, 0.05) is 25.6 Å². The molecule has 2 aromatic carbocycles. The lowest BCUT2D eigenvalue weighted by Gasteiger charge is -2.30. The van der Waals surface area contributed by atoms with E-state index < -0.39 is 16.1 Å². The molecule has 0 radical (unpaired) electrons. The molecule has 2 atom stereocenters. The van der Waals surface area contributed by atoms with Crippen molar-refractivity contribution in [2.75, 3.05) is 24.2 Å². The highest BCUT2D eigenvalue weighted by molar-refractivity contribution is 7.92. The smallest absolute Gasteiger partial charge is 0.242 e. The number of hydrogen-bond donors (Lipinski definition) is 1. The molecule has 0 aliphatic heterocycles. The fraction of sp³-hybridized carbons (Fsp3) is 0.481. The second-order valence-corrected chi connectivity index (χ2v) is 11.0. The molecule has 0 fully saturated rings. The Balaban J connectivity index is 2.20. The van der Waals surface area contributed by atoms with E-state index in [-0.39, 0.29) is 37.4 Å². The average molecular weight is 518 g/mol. The van der Waals surface area contributed by atoms with E-state index in [9.17, 15) is 18.0 Å². The van der Waals surface area contributed by atoms with Crippen LogP contribution in [0.15, 0.2) is 48.5 Å². The minimum absolute atomic E-state index is 0.00819. The summed E-state index contributed by atoms with van der Waals surface area (Å²) in [7, 11) is -1.96. The predicted octanol–water partition coefficient (Wildman–Crippen LogP) is 3.88. The zero-order valence-corrected chi connectivity index (χ0v) is 23.0. The molecule has 36 heavy (non-hydrogen) atoms. The molecule has 0 unspecified atom stereocenters. The van der Waals surface area contributed by atoms with Crippen LogP contribution in [0.25, 0.3) is 0 Å². The van der Waals surface area contributed by atoms with Crippen LogP contribution in [-0.2, 0) is 26.2 Å². The first-order valence-electron chi connectivity index (χ1n) is 12.2. The Labute approximate surface area is 215 Å². The lowest BCUT2D eigenvalue weighted by Crippen LogP contribution is -2.49. The molecule has 0 heterocycles. The summed E-state index contributed by atoms with van der Waals surface area (Å²) >= 11 is 0. The van der Waals surface area contributed by atoms with Crippen molar-refractivity contribution in [2.45, 2.75) is 65.6 Å². The van der Waals surface area contributed by atoms with E-state index >= 15 is 0 Å². The normalized spacial score (nSPS) is 12.9. The van der Waals surface area contributed by atoms with E-state index in [0.717, 1.165) is 23.8 Å². The topological polar surface area (TPSA) is 96.0 Å². The molecule has 9 heteroatoms. The minimum Gasteiger partial charge on any atom is -0.497 e. The van der Waals surface area contributed by atoms with Crippen LogP contribution in [-0.4, -0.2) is 57.1 Å². The Morgan fingerprint density at radius 3 is 2.39 bits per heavy atom. The summed E-state index contributed by atoms with van der Waals surface area (Å²) in [6.07, 6.45) is 2.36. The molecule has 0 aromatic heterocycles. The van der Waals surface area contributed by atoms with Gasteiger partial charge in [0.1, 0.15) is 11.8 Å². The van der Waals surface area contributed by atoms with Gasteiger partial charge in [0.25, 0.3) is 0 Å². The highest BCUT2D eigenvalue weighted by Gasteiger charge is 2.27. The second kappa shape index (κ2) is 13.3. The third-order valence-electron chi connectivity index (χ3n) is 6.19. The monoisotopic (exact) mass is 517 g/mol. The van der Waals surface area contributed by atoms with Crippen LogP contribution in [0.5, 0.6) is 5.75 Å². The number of ether oxygens (including phenoxy) is 1. The maximum Gasteiger partial charge on any atom is 0.242 e. The lowest BCUT2D eigenvalue weighted by molar-refractivity contribution is -0.140. The summed E-state index contributed by atoms with van der Waals surface area (Å²) in [6, 6.07) is 13.9. The molecular formula is C27H39N3O5S. The molecule has 0 aliphatic rings. The highest BCUT2D eigenvalue weighted by atomic mass is 32.2. The first-order valence-corrected chi connectivity index (χ1v) is 14.1. The molecular weight excluding hydrogens is 478 g/mol. The lowest BCUT2D eigenvalue weighted by atomic mass is 10.1. The Kier molecular flexibility index (Phi) is 10.8. The minimum atomic E-state index is -3.53. The van der Waals surface area contributed by atoms with E-state index in [0.29, 0.717) is 17.9 Å². The van der Waals surface area contributed by atoms with Gasteiger partial charge in [-0.3, -0.25) is 13.9 Å². The van der Waals surface area contributed by atoms with Crippen molar-refractivity contribution in [3.8, 4) is 5.75 Å². The number of benzene rings is 2. The first-order chi connectivity index (χ1) is 17.0. The quantitative estimate of drug-likeness (QED) is 0.435. The van der Waals surface area contributed by atoms with Gasteiger partial charge in [0.05, 0.1) is 19.1 Å². The van der Waals surface area contributed by atoms with Crippen LogP contribution in [0, 0.1) is 6.92 Å². The first kappa shape index (κ1) is 29.2. The number of hydrogen-bond acceptors (Lipinski definition) is 5. The molecule has 0 spiro atoms. The Hall–Kier alpha value is -3.07. The Morgan fingerprint density at radius 1 is 1.08 bits per heavy atom. The van der Waals surface area contributed by atoms with Gasteiger partial charge in [-0.05, 0) is 62.9 Å². The molecule has 2 aromatic rings. The largest absolute Gasteiger partial charge is 0.497 e. The molecule has 0 saturated carbocycles. The summed E-state index contributed by atoms with van der Waals surface area (Å²) in [5, 5.41) is 2.95. The van der Waals surface area contributed by atoms with Crippen LogP contribution in [0.3, 0.4) is 0 Å². The van der Waals surface area contributed by atoms with Gasteiger partial charge in [0.15, 0.2) is 0 Å². The van der Waals surface area contributed by atoms with Crippen LogP contribution in [0.4, 0.5) is 5.69 Å². The van der Waals surface area contributed by atoms with Crippen molar-refractivity contribution in [3.63, 3.8) is 0 Å². The summed E-state index contributed by atoms with van der Waals surface area (Å²) in [5.41, 5.74) is 2.27. The Bertz CT molecular complexity index is 1140. The predicted molar refractivity (Wildman–Crippen MR) is 144 cm³/mol. The van der Waals surface area contributed by atoms with Crippen molar-refractivity contribution < 1.29 is 22.7 Å². The summed E-state index contributed by atoms with van der Waals surface area (Å²) < 4.78 is 31.6. The van der Waals surface area contributed by atoms with Gasteiger partial charge in [-0.1, -0.05) is 37.3 Å². The van der Waals surface area contributed by atoms with Crippen LogP contribution in [0.1, 0.15) is 51.2 Å². The van der Waals surface area contributed by atoms with Crippen molar-refractivity contribution in [2.24, 2.45) is 0 Å². The number of nitrogens with zero attached hydrogens (tertiary/aromatic N) is 2. The third-order valence-corrected chi connectivity index (χ3v) is 7.37. The van der Waals surface area contributed by atoms with Gasteiger partial charge >= 0.3 is 0 Å². The van der Waals surface area contributed by atoms with E-state index in [1.54, 1.807) is 31.1 Å². The number of methoxy groups -OCH3 is 1. The second-order valence-electron chi connectivity index (χ2n) is 9.09. The van der Waals surface area contributed by atoms with E-state index in [2.05, 4.69) is 5.32 Å². The number of rotatable bonds is 13. The van der Waals surface area contributed by atoms with Crippen LogP contribution in [0.2, 0.25) is 0 Å². The number of aryl methyl sites for hydroxylation is 1. The zero-order chi connectivity index (χ0) is 26.9. The fourth-order valence-electron chi connectivity index (χ4n) is 3.84. The molecule has 0 saturated heterocycles. The van der Waals surface area contributed by atoms with E-state index in [4.69, 9.17) is 4.74 Å². The van der Waals surface area contributed by atoms with Gasteiger partial charge in [0.2, 0.25) is 21.8 Å². The van der Waals surface area contributed by atoms with E-state index in [1.807, 2.05) is 57.2 Å². The number of anilines is 1. The fourth-order valence-corrected chi connectivity index (χ4v) is 4.86. The van der Waals surface area contributed by atoms with Gasteiger partial charge in [-0.15, -0.1) is 0 Å². The maximum absolute atomic E-state index is 13.4. The molecule has 198 valence electrons. The zero-order valence-electron chi connectivity index (χ0n) is 22.2. The summed E-state index contributed by atoms with van der Waals surface area (Å²) in [5.74, 6) is 0.222. The molecule has 2 amide bonds. The average Bonchev–Trinajstić information content (AvgIpc) is 2.84. The number of sulfonamides is 1. The summed E-state index contributed by atoms with van der Waals surface area (Å²) in [4.78, 5) is 27.8. The van der Waals surface area contributed by atoms with Gasteiger partial charge in [-0.25, -0.2) is 8.42 Å².